The molecule has 0 radical (unpaired) electrons. The van der Waals surface area contributed by atoms with E-state index in [2.05, 4.69) is 31.9 Å². The third kappa shape index (κ3) is 4.17. The zero-order valence-electron chi connectivity index (χ0n) is 15.6. The number of para-hydroxylation sites is 1. The van der Waals surface area contributed by atoms with E-state index in [4.69, 9.17) is 4.84 Å². The summed E-state index contributed by atoms with van der Waals surface area (Å²) in [5.41, 5.74) is 2.12. The van der Waals surface area contributed by atoms with Crippen molar-refractivity contribution in [2.45, 2.75) is 12.5 Å². The number of benzene rings is 3. The van der Waals surface area contributed by atoms with Crippen LogP contribution in [0.15, 0.2) is 75.7 Å². The summed E-state index contributed by atoms with van der Waals surface area (Å²) in [7, 11) is 1.40. The fourth-order valence-electron chi connectivity index (χ4n) is 3.57. The van der Waals surface area contributed by atoms with Crippen molar-refractivity contribution in [3.63, 3.8) is 0 Å². The van der Waals surface area contributed by atoms with Gasteiger partial charge in [0.25, 0.3) is 5.92 Å². The van der Waals surface area contributed by atoms with Gasteiger partial charge >= 0.3 is 0 Å². The predicted molar refractivity (Wildman–Crippen MR) is 121 cm³/mol. The molecule has 0 bridgehead atoms. The predicted octanol–water partition coefficient (Wildman–Crippen LogP) is 7.02. The Bertz CT molecular complexity index is 1100. The highest BCUT2D eigenvalue weighted by Gasteiger charge is 2.34. The molecule has 0 atom stereocenters. The van der Waals surface area contributed by atoms with Crippen molar-refractivity contribution in [3.8, 4) is 0 Å². The van der Waals surface area contributed by atoms with Gasteiger partial charge in [0, 0.05) is 30.8 Å². The van der Waals surface area contributed by atoms with Crippen molar-refractivity contribution in [2.24, 2.45) is 0 Å². The third-order valence-electron chi connectivity index (χ3n) is 4.82. The second-order valence-electron chi connectivity index (χ2n) is 6.82. The highest BCUT2D eigenvalue weighted by molar-refractivity contribution is 9.10. The largest absolute Gasteiger partial charge is 0.334 e. The van der Waals surface area contributed by atoms with Gasteiger partial charge in [-0.1, -0.05) is 50.1 Å². The van der Waals surface area contributed by atoms with E-state index in [0.29, 0.717) is 5.69 Å². The first-order valence-corrected chi connectivity index (χ1v) is 10.6. The first kappa shape index (κ1) is 20.3. The van der Waals surface area contributed by atoms with Crippen LogP contribution in [0.4, 0.5) is 14.5 Å². The number of hydrogen-bond donors (Lipinski definition) is 0. The van der Waals surface area contributed by atoms with Crippen LogP contribution < -0.4 is 5.06 Å². The van der Waals surface area contributed by atoms with Crippen molar-refractivity contribution in [3.05, 3.63) is 75.7 Å². The number of fused-ring (bicyclic) bond motifs is 3. The number of hydroxylamine groups is 1. The van der Waals surface area contributed by atoms with Gasteiger partial charge < -0.3 is 4.57 Å². The maximum Gasteiger partial charge on any atom is 0.285 e. The van der Waals surface area contributed by atoms with E-state index in [1.807, 2.05) is 42.5 Å². The van der Waals surface area contributed by atoms with E-state index in [-0.39, 0.29) is 0 Å². The van der Waals surface area contributed by atoms with Gasteiger partial charge in [-0.05, 0) is 48.5 Å². The topological polar surface area (TPSA) is 17.4 Å². The van der Waals surface area contributed by atoms with Crippen molar-refractivity contribution >= 4 is 59.4 Å². The fraction of sp³-hybridized carbons (Fsp3) is 0.182. The molecule has 3 aromatic carbocycles. The molecule has 0 spiro atoms. The second-order valence-corrected chi connectivity index (χ2v) is 8.65. The van der Waals surface area contributed by atoms with Gasteiger partial charge in [-0.2, -0.15) is 0 Å². The molecule has 1 heterocycles. The molecule has 3 nitrogen and oxygen atoms in total. The monoisotopic (exact) mass is 522 g/mol. The van der Waals surface area contributed by atoms with E-state index < -0.39 is 19.0 Å². The van der Waals surface area contributed by atoms with Gasteiger partial charge in [0.15, 0.2) is 0 Å². The molecular formula is C22H18Br2F2N2O. The lowest BCUT2D eigenvalue weighted by molar-refractivity contribution is -0.0290. The van der Waals surface area contributed by atoms with Crippen LogP contribution in [0.1, 0.15) is 0 Å². The van der Waals surface area contributed by atoms with Crippen LogP contribution in [0.5, 0.6) is 0 Å². The lowest BCUT2D eigenvalue weighted by Gasteiger charge is -2.27. The zero-order valence-corrected chi connectivity index (χ0v) is 18.8. The minimum absolute atomic E-state index is 0.455. The molecule has 0 fully saturated rings. The Hall–Kier alpha value is -1.96. The Morgan fingerprint density at radius 2 is 1.45 bits per heavy atom. The van der Waals surface area contributed by atoms with Gasteiger partial charge in [-0.15, -0.1) is 0 Å². The molecule has 0 unspecified atom stereocenters. The smallest absolute Gasteiger partial charge is 0.285 e. The number of anilines is 1. The SMILES string of the molecule is CON(CC(F)(F)Cn1c2ccc(Br)cc2c2cc(Br)ccc21)c1ccccc1. The number of hydrogen-bond acceptors (Lipinski definition) is 2. The van der Waals surface area contributed by atoms with E-state index in [0.717, 1.165) is 30.8 Å². The Balaban J connectivity index is 1.74. The van der Waals surface area contributed by atoms with E-state index >= 15 is 8.78 Å². The molecule has 7 heteroatoms. The second kappa shape index (κ2) is 8.05. The van der Waals surface area contributed by atoms with Crippen molar-refractivity contribution < 1.29 is 13.6 Å². The molecule has 0 aliphatic heterocycles. The summed E-state index contributed by atoms with van der Waals surface area (Å²) in [6, 6.07) is 20.3. The van der Waals surface area contributed by atoms with Crippen LogP contribution in [-0.2, 0) is 11.4 Å². The summed E-state index contributed by atoms with van der Waals surface area (Å²) in [4.78, 5) is 5.23. The van der Waals surface area contributed by atoms with E-state index in [9.17, 15) is 0 Å². The van der Waals surface area contributed by atoms with Crippen molar-refractivity contribution in [1.82, 2.24) is 4.57 Å². The number of aromatic nitrogens is 1. The highest BCUT2D eigenvalue weighted by Crippen LogP contribution is 2.35. The van der Waals surface area contributed by atoms with Gasteiger partial charge in [-0.3, -0.25) is 4.84 Å². The first-order valence-electron chi connectivity index (χ1n) is 8.99. The van der Waals surface area contributed by atoms with Crippen LogP contribution in [0.3, 0.4) is 0 Å². The van der Waals surface area contributed by atoms with Gasteiger partial charge in [0.1, 0.15) is 6.54 Å². The Morgan fingerprint density at radius 3 is 1.97 bits per heavy atom. The standard InChI is InChI=1S/C22H18Br2F2N2O/c1-29-28(17-5-3-2-4-6-17)14-22(25,26)13-27-20-9-7-15(23)11-18(20)19-12-16(24)8-10-21(19)27/h2-12H,13-14H2,1H3. The van der Waals surface area contributed by atoms with Gasteiger partial charge in [0.2, 0.25) is 0 Å². The maximum absolute atomic E-state index is 15.2. The minimum Gasteiger partial charge on any atom is -0.334 e. The normalized spacial score (nSPS) is 12.0. The first-order chi connectivity index (χ1) is 13.9. The molecule has 0 saturated carbocycles. The molecule has 4 rings (SSSR count). The van der Waals surface area contributed by atoms with Crippen LogP contribution in [0, 0.1) is 0 Å². The molecule has 0 N–H and O–H groups in total. The average molecular weight is 524 g/mol. The zero-order chi connectivity index (χ0) is 20.6. The summed E-state index contributed by atoms with van der Waals surface area (Å²) in [6.07, 6.45) is 0. The Morgan fingerprint density at radius 1 is 0.897 bits per heavy atom. The Labute approximate surface area is 184 Å². The number of rotatable bonds is 6. The molecule has 150 valence electrons. The molecule has 1 aromatic heterocycles. The lowest BCUT2D eigenvalue weighted by atomic mass is 10.2. The molecule has 0 saturated heterocycles. The molecule has 0 amide bonds. The van der Waals surface area contributed by atoms with Crippen LogP contribution >= 0.6 is 31.9 Å². The number of halogens is 4. The van der Waals surface area contributed by atoms with Crippen LogP contribution in [-0.4, -0.2) is 24.1 Å². The lowest BCUT2D eigenvalue weighted by Crippen LogP contribution is -2.39. The fourth-order valence-corrected chi connectivity index (χ4v) is 4.29. The van der Waals surface area contributed by atoms with Crippen molar-refractivity contribution in [1.29, 1.82) is 0 Å². The third-order valence-corrected chi connectivity index (χ3v) is 5.80. The summed E-state index contributed by atoms with van der Waals surface area (Å²) < 4.78 is 33.8. The summed E-state index contributed by atoms with van der Waals surface area (Å²) in [5.74, 6) is -3.02. The van der Waals surface area contributed by atoms with Crippen LogP contribution in [0.2, 0.25) is 0 Å². The summed E-state index contributed by atoms with van der Waals surface area (Å²) in [5, 5.41) is 3.08. The van der Waals surface area contributed by atoms with Gasteiger partial charge in [0.05, 0.1) is 19.3 Å². The van der Waals surface area contributed by atoms with Crippen molar-refractivity contribution in [2.75, 3.05) is 18.7 Å². The Kier molecular flexibility index (Phi) is 5.64. The molecule has 4 aromatic rings. The molecule has 0 aliphatic carbocycles. The highest BCUT2D eigenvalue weighted by atomic mass is 79.9. The molecule has 0 aliphatic rings. The minimum atomic E-state index is -3.02. The summed E-state index contributed by atoms with van der Waals surface area (Å²) >= 11 is 6.97. The quantitative estimate of drug-likeness (QED) is 0.252. The molecule has 29 heavy (non-hydrogen) atoms. The maximum atomic E-state index is 15.2. The van der Waals surface area contributed by atoms with E-state index in [1.165, 1.54) is 12.2 Å². The molecular weight excluding hydrogens is 506 g/mol. The summed E-state index contributed by atoms with van der Waals surface area (Å²) in [6.45, 7) is -1.01. The number of nitrogens with zero attached hydrogens (tertiary/aromatic N) is 2. The average Bonchev–Trinajstić information content (AvgIpc) is 2.98. The van der Waals surface area contributed by atoms with E-state index in [1.54, 1.807) is 28.8 Å². The van der Waals surface area contributed by atoms with Gasteiger partial charge in [-0.25, -0.2) is 13.8 Å². The van der Waals surface area contributed by atoms with Crippen LogP contribution in [0.25, 0.3) is 21.8 Å². The number of alkyl halides is 2.